The number of phenols is 1. The lowest BCUT2D eigenvalue weighted by atomic mass is 10.1. The highest BCUT2D eigenvalue weighted by molar-refractivity contribution is 7.16. The van der Waals surface area contributed by atoms with Gasteiger partial charge in [0.15, 0.2) is 4.88 Å². The summed E-state index contributed by atoms with van der Waals surface area (Å²) in [4.78, 5) is 17.4. The number of rotatable bonds is 6. The summed E-state index contributed by atoms with van der Waals surface area (Å²) in [6.07, 6.45) is 1.12. The van der Waals surface area contributed by atoms with E-state index >= 15 is 0 Å². The number of hydrogen-bond donors (Lipinski definition) is 1. The first-order valence-electron chi connectivity index (χ1n) is 11.0. The number of halogens is 2. The van der Waals surface area contributed by atoms with Gasteiger partial charge in [0.25, 0.3) is 0 Å². The maximum atomic E-state index is 13.3. The summed E-state index contributed by atoms with van der Waals surface area (Å²) < 4.78 is 26.3. The normalized spacial score (nSPS) is 12.0. The molecule has 2 aromatic heterocycles. The van der Waals surface area contributed by atoms with Crippen molar-refractivity contribution in [3.63, 3.8) is 0 Å². The van der Waals surface area contributed by atoms with E-state index in [2.05, 4.69) is 4.98 Å². The van der Waals surface area contributed by atoms with Crippen molar-refractivity contribution in [3.8, 4) is 27.6 Å². The largest absolute Gasteiger partial charge is 0.506 e. The number of hydrogen-bond acceptors (Lipinski definition) is 6. The van der Waals surface area contributed by atoms with E-state index in [1.807, 2.05) is 22.8 Å². The van der Waals surface area contributed by atoms with E-state index in [0.717, 1.165) is 22.2 Å². The van der Waals surface area contributed by atoms with Crippen LogP contribution >= 0.6 is 22.9 Å². The van der Waals surface area contributed by atoms with Crippen molar-refractivity contribution < 1.29 is 23.8 Å². The second kappa shape index (κ2) is 9.64. The highest BCUT2D eigenvalue weighted by Gasteiger charge is 2.23. The molecule has 182 valence electrons. The molecule has 0 bridgehead atoms. The minimum absolute atomic E-state index is 0.0475. The molecule has 0 aliphatic rings. The Kier molecular flexibility index (Phi) is 6.38. The summed E-state index contributed by atoms with van der Waals surface area (Å²) in [6, 6.07) is 18.7. The predicted octanol–water partition coefficient (Wildman–Crippen LogP) is 7.18. The molecule has 0 aliphatic carbocycles. The molecule has 1 atom stereocenters. The number of nitrogens with zero attached hydrogens (tertiary/aromatic N) is 2. The Morgan fingerprint density at radius 1 is 1.11 bits per heavy atom. The smallest absolute Gasteiger partial charge is 0.351 e. The van der Waals surface area contributed by atoms with Crippen molar-refractivity contribution in [2.45, 2.75) is 13.0 Å². The van der Waals surface area contributed by atoms with Crippen LogP contribution in [0.5, 0.6) is 11.5 Å². The van der Waals surface area contributed by atoms with Crippen LogP contribution in [0.2, 0.25) is 5.02 Å². The van der Waals surface area contributed by atoms with Crippen LogP contribution in [0.1, 0.15) is 28.3 Å². The van der Waals surface area contributed by atoms with Gasteiger partial charge in [-0.1, -0.05) is 41.9 Å². The fourth-order valence-electron chi connectivity index (χ4n) is 3.92. The quantitative estimate of drug-likeness (QED) is 0.239. The van der Waals surface area contributed by atoms with Gasteiger partial charge in [-0.15, -0.1) is 11.3 Å². The molecule has 0 spiro atoms. The molecule has 0 radical (unpaired) electrons. The van der Waals surface area contributed by atoms with Gasteiger partial charge in [-0.05, 0) is 48.4 Å². The molecule has 0 saturated heterocycles. The molecule has 9 heteroatoms. The lowest BCUT2D eigenvalue weighted by Crippen LogP contribution is -2.07. The molecule has 1 N–H and O–H groups in total. The molecule has 6 nitrogen and oxygen atoms in total. The number of carbonyl (C=O) groups is 1. The van der Waals surface area contributed by atoms with Crippen LogP contribution in [-0.2, 0) is 4.74 Å². The molecule has 2 heterocycles. The number of imidazole rings is 1. The first-order valence-corrected chi connectivity index (χ1v) is 12.1. The average molecular weight is 523 g/mol. The Hall–Kier alpha value is -3.88. The second-order valence-corrected chi connectivity index (χ2v) is 9.44. The fraction of sp³-hybridized carbons (Fsp3) is 0.111. The van der Waals surface area contributed by atoms with Crippen molar-refractivity contribution >= 4 is 39.9 Å². The maximum absolute atomic E-state index is 13.3. The topological polar surface area (TPSA) is 73.6 Å². The van der Waals surface area contributed by atoms with E-state index in [9.17, 15) is 14.3 Å². The third kappa shape index (κ3) is 4.41. The highest BCUT2D eigenvalue weighted by Crippen LogP contribution is 2.39. The van der Waals surface area contributed by atoms with Gasteiger partial charge in [0.05, 0.1) is 23.2 Å². The summed E-state index contributed by atoms with van der Waals surface area (Å²) in [5, 5.41) is 10.8. The number of aromatic hydroxyl groups is 1. The van der Waals surface area contributed by atoms with Crippen molar-refractivity contribution in [2.75, 3.05) is 7.11 Å². The molecular weight excluding hydrogens is 503 g/mol. The van der Waals surface area contributed by atoms with Crippen LogP contribution in [0, 0.1) is 5.82 Å². The van der Waals surface area contributed by atoms with Gasteiger partial charge in [0, 0.05) is 11.6 Å². The first-order chi connectivity index (χ1) is 17.4. The second-order valence-electron chi connectivity index (χ2n) is 8.03. The summed E-state index contributed by atoms with van der Waals surface area (Å²) >= 11 is 7.46. The summed E-state index contributed by atoms with van der Waals surface area (Å²) in [5.41, 5.74) is 3.95. The van der Waals surface area contributed by atoms with Gasteiger partial charge in [0.1, 0.15) is 34.7 Å². The molecule has 0 aliphatic heterocycles. The number of thiophene rings is 1. The standard InChI is InChI=1S/C27H20ClFN2O4S/c1-15(19-4-3-5-22(32)25(19)28)35-23-13-24(36-26(23)27(33)34-2)31-14-30-20-12-17(8-11-21(20)31)16-6-9-18(29)10-7-16/h3-15,32H,1-2H3. The van der Waals surface area contributed by atoms with Gasteiger partial charge in [-0.2, -0.15) is 0 Å². The number of esters is 1. The van der Waals surface area contributed by atoms with E-state index in [1.165, 1.54) is 36.6 Å². The minimum atomic E-state index is -0.548. The number of carbonyl (C=O) groups excluding carboxylic acids is 1. The van der Waals surface area contributed by atoms with Crippen molar-refractivity contribution in [1.29, 1.82) is 0 Å². The van der Waals surface area contributed by atoms with E-state index in [4.69, 9.17) is 21.1 Å². The Morgan fingerprint density at radius 2 is 1.86 bits per heavy atom. The molecule has 5 aromatic rings. The van der Waals surface area contributed by atoms with Crippen molar-refractivity contribution in [3.05, 3.63) is 94.3 Å². The molecule has 3 aromatic carbocycles. The summed E-state index contributed by atoms with van der Waals surface area (Å²) in [6.45, 7) is 1.78. The minimum Gasteiger partial charge on any atom is -0.506 e. The van der Waals surface area contributed by atoms with Crippen LogP contribution < -0.4 is 4.74 Å². The zero-order valence-electron chi connectivity index (χ0n) is 19.2. The molecule has 1 unspecified atom stereocenters. The van der Waals surface area contributed by atoms with Crippen LogP contribution in [0.15, 0.2) is 73.1 Å². The van der Waals surface area contributed by atoms with E-state index in [1.54, 1.807) is 43.6 Å². The van der Waals surface area contributed by atoms with Crippen LogP contribution in [-0.4, -0.2) is 27.7 Å². The number of ether oxygens (including phenoxy) is 2. The van der Waals surface area contributed by atoms with Crippen LogP contribution in [0.3, 0.4) is 0 Å². The molecule has 5 rings (SSSR count). The molecule has 0 amide bonds. The monoisotopic (exact) mass is 522 g/mol. The Morgan fingerprint density at radius 3 is 2.61 bits per heavy atom. The zero-order valence-corrected chi connectivity index (χ0v) is 20.8. The molecule has 36 heavy (non-hydrogen) atoms. The Labute approximate surface area is 215 Å². The Bertz CT molecular complexity index is 1580. The number of fused-ring (bicyclic) bond motifs is 1. The molecular formula is C27H20ClFN2O4S. The Balaban J connectivity index is 1.51. The van der Waals surface area contributed by atoms with Crippen LogP contribution in [0.25, 0.3) is 27.2 Å². The predicted molar refractivity (Wildman–Crippen MR) is 138 cm³/mol. The van der Waals surface area contributed by atoms with E-state index in [0.29, 0.717) is 21.2 Å². The van der Waals surface area contributed by atoms with E-state index < -0.39 is 12.1 Å². The number of benzene rings is 3. The van der Waals surface area contributed by atoms with E-state index in [-0.39, 0.29) is 16.6 Å². The zero-order chi connectivity index (χ0) is 25.4. The number of methoxy groups -OCH3 is 1. The van der Waals surface area contributed by atoms with Crippen LogP contribution in [0.4, 0.5) is 4.39 Å². The summed E-state index contributed by atoms with van der Waals surface area (Å²) in [5.74, 6) is -0.535. The highest BCUT2D eigenvalue weighted by atomic mass is 35.5. The SMILES string of the molecule is COC(=O)c1sc(-n2cnc3cc(-c4ccc(F)cc4)ccc32)cc1OC(C)c1cccc(O)c1Cl. The lowest BCUT2D eigenvalue weighted by molar-refractivity contribution is 0.0600. The fourth-order valence-corrected chi connectivity index (χ4v) is 5.19. The third-order valence-corrected chi connectivity index (χ3v) is 7.28. The number of phenolic OH excluding ortho intramolecular Hbond substituents is 1. The average Bonchev–Trinajstić information content (AvgIpc) is 3.49. The molecule has 0 saturated carbocycles. The van der Waals surface area contributed by atoms with Gasteiger partial charge in [-0.3, -0.25) is 4.57 Å². The third-order valence-electron chi connectivity index (χ3n) is 5.77. The van der Waals surface area contributed by atoms with Gasteiger partial charge >= 0.3 is 5.97 Å². The first kappa shape index (κ1) is 23.8. The van der Waals surface area contributed by atoms with Gasteiger partial charge < -0.3 is 14.6 Å². The van der Waals surface area contributed by atoms with Gasteiger partial charge in [0.2, 0.25) is 0 Å². The lowest BCUT2D eigenvalue weighted by Gasteiger charge is -2.16. The molecule has 0 fully saturated rings. The van der Waals surface area contributed by atoms with Gasteiger partial charge in [-0.25, -0.2) is 14.2 Å². The maximum Gasteiger partial charge on any atom is 0.351 e. The summed E-state index contributed by atoms with van der Waals surface area (Å²) in [7, 11) is 1.31. The number of aromatic nitrogens is 2. The van der Waals surface area contributed by atoms with Crippen molar-refractivity contribution in [1.82, 2.24) is 9.55 Å². The van der Waals surface area contributed by atoms with Crippen molar-refractivity contribution in [2.24, 2.45) is 0 Å².